The van der Waals surface area contributed by atoms with E-state index < -0.39 is 11.6 Å². The summed E-state index contributed by atoms with van der Waals surface area (Å²) in [6.45, 7) is 0.862. The topological polar surface area (TPSA) is 12.0 Å². The van der Waals surface area contributed by atoms with Gasteiger partial charge in [0.1, 0.15) is 11.6 Å². The maximum atomic E-state index is 13.6. The van der Waals surface area contributed by atoms with Gasteiger partial charge in [0.15, 0.2) is 0 Å². The molecule has 2 aliphatic rings. The molecule has 0 heterocycles. The summed E-state index contributed by atoms with van der Waals surface area (Å²) in [4.78, 5) is 0. The summed E-state index contributed by atoms with van der Waals surface area (Å²) in [6, 6.07) is 4.70. The van der Waals surface area contributed by atoms with Gasteiger partial charge in [0.05, 0.1) is 0 Å². The van der Waals surface area contributed by atoms with Crippen LogP contribution in [-0.2, 0) is 5.41 Å². The maximum absolute atomic E-state index is 13.6. The molecule has 0 aromatic heterocycles. The van der Waals surface area contributed by atoms with Crippen LogP contribution in [0.1, 0.15) is 56.9 Å². The van der Waals surface area contributed by atoms with Crippen LogP contribution in [0.5, 0.6) is 0 Å². The Hall–Kier alpha value is -0.960. The molecule has 3 rings (SSSR count). The molecule has 1 aromatic rings. The van der Waals surface area contributed by atoms with E-state index >= 15 is 0 Å². The highest BCUT2D eigenvalue weighted by Gasteiger charge is 2.35. The Labute approximate surface area is 119 Å². The standard InChI is InChI=1S/C17H23F2N/c18-14-9-13(10-15(19)11-14)17(12-20-16-5-6-16)7-3-1-2-4-8-17/h9-11,16,20H,1-8,12H2. The normalized spacial score (nSPS) is 22.5. The van der Waals surface area contributed by atoms with Crippen molar-refractivity contribution in [3.8, 4) is 0 Å². The van der Waals surface area contributed by atoms with E-state index in [4.69, 9.17) is 0 Å². The minimum Gasteiger partial charge on any atom is -0.313 e. The van der Waals surface area contributed by atoms with E-state index in [1.807, 2.05) is 0 Å². The molecule has 0 amide bonds. The van der Waals surface area contributed by atoms with Gasteiger partial charge in [0.25, 0.3) is 0 Å². The lowest BCUT2D eigenvalue weighted by Crippen LogP contribution is -2.39. The quantitative estimate of drug-likeness (QED) is 0.810. The number of hydrogen-bond acceptors (Lipinski definition) is 1. The summed E-state index contributed by atoms with van der Waals surface area (Å²) in [5, 5.41) is 3.59. The van der Waals surface area contributed by atoms with E-state index in [1.165, 1.54) is 25.7 Å². The van der Waals surface area contributed by atoms with Crippen molar-refractivity contribution >= 4 is 0 Å². The summed E-state index contributed by atoms with van der Waals surface area (Å²) >= 11 is 0. The second kappa shape index (κ2) is 5.80. The third-order valence-electron chi connectivity index (χ3n) is 4.84. The minimum atomic E-state index is -0.449. The summed E-state index contributed by atoms with van der Waals surface area (Å²) < 4.78 is 27.2. The lowest BCUT2D eigenvalue weighted by atomic mass is 9.74. The SMILES string of the molecule is Fc1cc(F)cc(C2(CNC3CC3)CCCCCC2)c1. The monoisotopic (exact) mass is 279 g/mol. The van der Waals surface area contributed by atoms with Crippen LogP contribution in [0.15, 0.2) is 18.2 Å². The molecule has 2 saturated carbocycles. The first-order valence-corrected chi connectivity index (χ1v) is 7.88. The highest BCUT2D eigenvalue weighted by molar-refractivity contribution is 5.28. The van der Waals surface area contributed by atoms with Gasteiger partial charge in [-0.25, -0.2) is 8.78 Å². The molecule has 0 spiro atoms. The molecule has 0 radical (unpaired) electrons. The fraction of sp³-hybridized carbons (Fsp3) is 0.647. The molecule has 0 atom stereocenters. The Bertz CT molecular complexity index is 440. The Kier molecular flexibility index (Phi) is 4.06. The van der Waals surface area contributed by atoms with E-state index in [1.54, 1.807) is 12.1 Å². The average Bonchev–Trinajstić information content (AvgIpc) is 3.23. The first-order chi connectivity index (χ1) is 9.68. The number of nitrogens with one attached hydrogen (secondary N) is 1. The molecular weight excluding hydrogens is 256 g/mol. The predicted molar refractivity (Wildman–Crippen MR) is 76.8 cm³/mol. The van der Waals surface area contributed by atoms with Crippen LogP contribution in [-0.4, -0.2) is 12.6 Å². The zero-order valence-corrected chi connectivity index (χ0v) is 11.9. The van der Waals surface area contributed by atoms with Crippen LogP contribution in [0.25, 0.3) is 0 Å². The molecule has 0 saturated heterocycles. The van der Waals surface area contributed by atoms with Crippen molar-refractivity contribution in [2.24, 2.45) is 0 Å². The maximum Gasteiger partial charge on any atom is 0.126 e. The van der Waals surface area contributed by atoms with E-state index in [0.29, 0.717) is 6.04 Å². The zero-order valence-electron chi connectivity index (χ0n) is 11.9. The fourth-order valence-electron chi connectivity index (χ4n) is 3.46. The summed E-state index contributed by atoms with van der Waals surface area (Å²) in [5.74, 6) is -0.898. The van der Waals surface area contributed by atoms with Crippen LogP contribution in [0.2, 0.25) is 0 Å². The van der Waals surface area contributed by atoms with Gasteiger partial charge in [-0.1, -0.05) is 25.7 Å². The first kappa shape index (κ1) is 14.0. The fourth-order valence-corrected chi connectivity index (χ4v) is 3.46. The van der Waals surface area contributed by atoms with Gasteiger partial charge in [-0.2, -0.15) is 0 Å². The molecule has 1 aromatic carbocycles. The lowest BCUT2D eigenvalue weighted by Gasteiger charge is -2.34. The van der Waals surface area contributed by atoms with Gasteiger partial charge in [0.2, 0.25) is 0 Å². The minimum absolute atomic E-state index is 0.0813. The molecule has 0 aliphatic heterocycles. The number of rotatable bonds is 4. The van der Waals surface area contributed by atoms with Crippen LogP contribution >= 0.6 is 0 Å². The summed E-state index contributed by atoms with van der Waals surface area (Å²) in [6.07, 6.45) is 9.35. The van der Waals surface area contributed by atoms with Crippen molar-refractivity contribution in [2.45, 2.75) is 62.8 Å². The second-order valence-corrected chi connectivity index (χ2v) is 6.51. The van der Waals surface area contributed by atoms with Crippen LogP contribution < -0.4 is 5.32 Å². The summed E-state index contributed by atoms with van der Waals surface area (Å²) in [7, 11) is 0. The largest absolute Gasteiger partial charge is 0.313 e. The third-order valence-corrected chi connectivity index (χ3v) is 4.84. The molecule has 3 heteroatoms. The number of benzene rings is 1. The second-order valence-electron chi connectivity index (χ2n) is 6.51. The van der Waals surface area contributed by atoms with E-state index in [-0.39, 0.29) is 5.41 Å². The van der Waals surface area contributed by atoms with Gasteiger partial charge in [0, 0.05) is 24.1 Å². The van der Waals surface area contributed by atoms with E-state index in [2.05, 4.69) is 5.32 Å². The van der Waals surface area contributed by atoms with E-state index in [0.717, 1.165) is 43.9 Å². The highest BCUT2D eigenvalue weighted by atomic mass is 19.1. The first-order valence-electron chi connectivity index (χ1n) is 7.88. The van der Waals surface area contributed by atoms with Crippen molar-refractivity contribution in [1.29, 1.82) is 0 Å². The van der Waals surface area contributed by atoms with Gasteiger partial charge in [-0.15, -0.1) is 0 Å². The number of halogens is 2. The molecule has 0 bridgehead atoms. The average molecular weight is 279 g/mol. The Morgan fingerprint density at radius 3 is 2.10 bits per heavy atom. The van der Waals surface area contributed by atoms with E-state index in [9.17, 15) is 8.78 Å². The molecule has 2 aliphatic carbocycles. The van der Waals surface area contributed by atoms with Gasteiger partial charge < -0.3 is 5.32 Å². The van der Waals surface area contributed by atoms with Gasteiger partial charge in [-0.05, 0) is 43.4 Å². The van der Waals surface area contributed by atoms with Crippen molar-refractivity contribution < 1.29 is 8.78 Å². The molecule has 0 unspecified atom stereocenters. The smallest absolute Gasteiger partial charge is 0.126 e. The Morgan fingerprint density at radius 1 is 0.950 bits per heavy atom. The van der Waals surface area contributed by atoms with Crippen molar-refractivity contribution in [3.63, 3.8) is 0 Å². The molecule has 2 fully saturated rings. The predicted octanol–water partition coefficient (Wildman–Crippen LogP) is 4.31. The molecule has 20 heavy (non-hydrogen) atoms. The molecule has 1 nitrogen and oxygen atoms in total. The van der Waals surface area contributed by atoms with Gasteiger partial charge >= 0.3 is 0 Å². The lowest BCUT2D eigenvalue weighted by molar-refractivity contribution is 0.343. The third kappa shape index (κ3) is 3.20. The van der Waals surface area contributed by atoms with Crippen molar-refractivity contribution in [2.75, 3.05) is 6.54 Å². The zero-order chi connectivity index (χ0) is 14.0. The van der Waals surface area contributed by atoms with Crippen LogP contribution in [0.3, 0.4) is 0 Å². The Morgan fingerprint density at radius 2 is 1.55 bits per heavy atom. The van der Waals surface area contributed by atoms with Crippen molar-refractivity contribution in [1.82, 2.24) is 5.32 Å². The van der Waals surface area contributed by atoms with Crippen LogP contribution in [0, 0.1) is 11.6 Å². The molecule has 1 N–H and O–H groups in total. The molecule has 110 valence electrons. The van der Waals surface area contributed by atoms with Gasteiger partial charge in [-0.3, -0.25) is 0 Å². The highest BCUT2D eigenvalue weighted by Crippen LogP contribution is 2.39. The molecular formula is C17H23F2N. The summed E-state index contributed by atoms with van der Waals surface area (Å²) in [5.41, 5.74) is 0.771. The van der Waals surface area contributed by atoms with Crippen LogP contribution in [0.4, 0.5) is 8.78 Å². The number of hydrogen-bond donors (Lipinski definition) is 1. The Balaban J connectivity index is 1.88. The van der Waals surface area contributed by atoms with Crippen molar-refractivity contribution in [3.05, 3.63) is 35.4 Å².